The largest absolute Gasteiger partial charge is 0.497 e. The predicted molar refractivity (Wildman–Crippen MR) is 126 cm³/mol. The third-order valence-electron chi connectivity index (χ3n) is 5.67. The maximum absolute atomic E-state index is 13.0. The smallest absolute Gasteiger partial charge is 0.273 e. The van der Waals surface area contributed by atoms with Crippen molar-refractivity contribution in [1.29, 1.82) is 0 Å². The van der Waals surface area contributed by atoms with Gasteiger partial charge in [0.25, 0.3) is 11.8 Å². The Hall–Kier alpha value is -3.81. The maximum Gasteiger partial charge on any atom is 0.273 e. The molecule has 0 spiro atoms. The molecule has 8 nitrogen and oxygen atoms in total. The highest BCUT2D eigenvalue weighted by molar-refractivity contribution is 5.92. The SMILES string of the molecule is COc1ccc(CCN(Cc2cc(C(=O)NCC3CC3)no2)C(=O)COc2ccccc2)cc1. The zero-order valence-corrected chi connectivity index (χ0v) is 19.2. The van der Waals surface area contributed by atoms with Crippen molar-refractivity contribution in [2.75, 3.05) is 26.8 Å². The lowest BCUT2D eigenvalue weighted by Crippen LogP contribution is -2.36. The molecule has 0 unspecified atom stereocenters. The lowest BCUT2D eigenvalue weighted by atomic mass is 10.1. The number of nitrogens with one attached hydrogen (secondary N) is 1. The van der Waals surface area contributed by atoms with Gasteiger partial charge in [-0.15, -0.1) is 0 Å². The second-order valence-corrected chi connectivity index (χ2v) is 8.35. The van der Waals surface area contributed by atoms with Gasteiger partial charge in [-0.25, -0.2) is 0 Å². The molecule has 0 atom stereocenters. The molecular weight excluding hydrogens is 434 g/mol. The van der Waals surface area contributed by atoms with E-state index in [0.29, 0.717) is 36.9 Å². The lowest BCUT2D eigenvalue weighted by molar-refractivity contribution is -0.134. The zero-order chi connectivity index (χ0) is 23.8. The first-order chi connectivity index (χ1) is 16.6. The fourth-order valence-electron chi connectivity index (χ4n) is 3.43. The van der Waals surface area contributed by atoms with Crippen molar-refractivity contribution in [3.63, 3.8) is 0 Å². The minimum atomic E-state index is -0.259. The molecule has 2 amide bonds. The van der Waals surface area contributed by atoms with Crippen LogP contribution in [0.4, 0.5) is 0 Å². The Morgan fingerprint density at radius 2 is 1.85 bits per heavy atom. The van der Waals surface area contributed by atoms with E-state index in [0.717, 1.165) is 24.2 Å². The van der Waals surface area contributed by atoms with Crippen LogP contribution >= 0.6 is 0 Å². The summed E-state index contributed by atoms with van der Waals surface area (Å²) in [6.07, 6.45) is 2.95. The molecule has 1 aromatic heterocycles. The van der Waals surface area contributed by atoms with Crippen LogP contribution in [0.1, 0.15) is 34.7 Å². The quantitative estimate of drug-likeness (QED) is 0.442. The van der Waals surface area contributed by atoms with Crippen molar-refractivity contribution in [2.45, 2.75) is 25.8 Å². The van der Waals surface area contributed by atoms with Crippen LogP contribution in [0, 0.1) is 5.92 Å². The standard InChI is InChI=1S/C26H29N3O5/c1-32-21-11-9-19(10-12-21)13-14-29(25(30)18-33-22-5-3-2-4-6-22)17-23-15-24(28-34-23)26(31)27-16-20-7-8-20/h2-6,9-12,15,20H,7-8,13-14,16-18H2,1H3,(H,27,31). The second-order valence-electron chi connectivity index (χ2n) is 8.35. The van der Waals surface area contributed by atoms with Gasteiger partial charge in [0.05, 0.1) is 13.7 Å². The predicted octanol–water partition coefficient (Wildman–Crippen LogP) is 3.47. The molecule has 0 saturated heterocycles. The fraction of sp³-hybridized carbons (Fsp3) is 0.346. The van der Waals surface area contributed by atoms with Gasteiger partial charge in [-0.2, -0.15) is 0 Å². The van der Waals surface area contributed by atoms with Crippen LogP contribution in [0.15, 0.2) is 65.2 Å². The summed E-state index contributed by atoms with van der Waals surface area (Å²) in [5.41, 5.74) is 1.29. The van der Waals surface area contributed by atoms with Gasteiger partial charge >= 0.3 is 0 Å². The number of para-hydroxylation sites is 1. The monoisotopic (exact) mass is 463 g/mol. The molecule has 0 aliphatic heterocycles. The van der Waals surface area contributed by atoms with Crippen LogP contribution < -0.4 is 14.8 Å². The zero-order valence-electron chi connectivity index (χ0n) is 19.2. The van der Waals surface area contributed by atoms with Gasteiger partial charge in [-0.3, -0.25) is 9.59 Å². The molecule has 4 rings (SSSR count). The Labute approximate surface area is 198 Å². The molecule has 1 aliphatic rings. The number of nitrogens with zero attached hydrogens (tertiary/aromatic N) is 2. The molecule has 1 fully saturated rings. The van der Waals surface area contributed by atoms with Gasteiger partial charge in [0.15, 0.2) is 18.1 Å². The minimum Gasteiger partial charge on any atom is -0.497 e. The summed E-state index contributed by atoms with van der Waals surface area (Å²) >= 11 is 0. The molecule has 8 heteroatoms. The normalized spacial score (nSPS) is 12.7. The molecule has 1 aliphatic carbocycles. The van der Waals surface area contributed by atoms with Gasteiger partial charge in [0, 0.05) is 19.2 Å². The lowest BCUT2D eigenvalue weighted by Gasteiger charge is -2.21. The van der Waals surface area contributed by atoms with Gasteiger partial charge < -0.3 is 24.2 Å². The summed E-state index contributed by atoms with van der Waals surface area (Å²) in [6, 6.07) is 18.5. The van der Waals surface area contributed by atoms with Crippen molar-refractivity contribution in [1.82, 2.24) is 15.4 Å². The van der Waals surface area contributed by atoms with E-state index in [1.807, 2.05) is 42.5 Å². The average Bonchev–Trinajstić information content (AvgIpc) is 3.60. The first-order valence-electron chi connectivity index (χ1n) is 11.4. The number of hydrogen-bond donors (Lipinski definition) is 1. The number of hydrogen-bond acceptors (Lipinski definition) is 6. The van der Waals surface area contributed by atoms with Crippen molar-refractivity contribution >= 4 is 11.8 Å². The van der Waals surface area contributed by atoms with E-state index in [-0.39, 0.29) is 30.7 Å². The van der Waals surface area contributed by atoms with Crippen molar-refractivity contribution in [3.05, 3.63) is 77.7 Å². The summed E-state index contributed by atoms with van der Waals surface area (Å²) in [5, 5.41) is 6.76. The summed E-state index contributed by atoms with van der Waals surface area (Å²) in [7, 11) is 1.63. The Bertz CT molecular complexity index is 1080. The second kappa shape index (κ2) is 11.4. The van der Waals surface area contributed by atoms with Crippen LogP contribution in [0.25, 0.3) is 0 Å². The molecule has 1 saturated carbocycles. The molecule has 0 bridgehead atoms. The third-order valence-corrected chi connectivity index (χ3v) is 5.67. The van der Waals surface area contributed by atoms with E-state index in [1.54, 1.807) is 30.2 Å². The highest BCUT2D eigenvalue weighted by atomic mass is 16.5. The van der Waals surface area contributed by atoms with Crippen molar-refractivity contribution in [2.24, 2.45) is 5.92 Å². The van der Waals surface area contributed by atoms with Crippen LogP contribution in [-0.4, -0.2) is 48.7 Å². The molecule has 1 N–H and O–H groups in total. The molecule has 0 radical (unpaired) electrons. The molecule has 2 aromatic carbocycles. The Kier molecular flexibility index (Phi) is 7.80. The minimum absolute atomic E-state index is 0.102. The number of carbonyl (C=O) groups is 2. The van der Waals surface area contributed by atoms with E-state index >= 15 is 0 Å². The summed E-state index contributed by atoms with van der Waals surface area (Å²) < 4.78 is 16.2. The summed E-state index contributed by atoms with van der Waals surface area (Å²) in [5.74, 6) is 1.98. The number of aromatic nitrogens is 1. The van der Waals surface area contributed by atoms with E-state index in [2.05, 4.69) is 10.5 Å². The summed E-state index contributed by atoms with van der Waals surface area (Å²) in [4.78, 5) is 26.9. The molecule has 1 heterocycles. The van der Waals surface area contributed by atoms with Crippen LogP contribution in [0.2, 0.25) is 0 Å². The molecule has 178 valence electrons. The Morgan fingerprint density at radius 1 is 1.09 bits per heavy atom. The van der Waals surface area contributed by atoms with Crippen LogP contribution in [0.3, 0.4) is 0 Å². The summed E-state index contributed by atoms with van der Waals surface area (Å²) in [6.45, 7) is 1.20. The van der Waals surface area contributed by atoms with E-state index in [4.69, 9.17) is 14.0 Å². The van der Waals surface area contributed by atoms with Gasteiger partial charge in [-0.05, 0) is 55.0 Å². The van der Waals surface area contributed by atoms with Crippen molar-refractivity contribution in [3.8, 4) is 11.5 Å². The topological polar surface area (TPSA) is 93.9 Å². The van der Waals surface area contributed by atoms with Crippen LogP contribution in [-0.2, 0) is 17.8 Å². The number of rotatable bonds is 12. The van der Waals surface area contributed by atoms with E-state index in [1.165, 1.54) is 0 Å². The maximum atomic E-state index is 13.0. The number of ether oxygens (including phenoxy) is 2. The number of benzene rings is 2. The van der Waals surface area contributed by atoms with Crippen LogP contribution in [0.5, 0.6) is 11.5 Å². The number of amides is 2. The fourth-order valence-corrected chi connectivity index (χ4v) is 3.43. The molecular formula is C26H29N3O5. The van der Waals surface area contributed by atoms with Gasteiger partial charge in [0.2, 0.25) is 0 Å². The van der Waals surface area contributed by atoms with Gasteiger partial charge in [0.1, 0.15) is 11.5 Å². The number of carbonyl (C=O) groups excluding carboxylic acids is 2. The van der Waals surface area contributed by atoms with E-state index < -0.39 is 0 Å². The average molecular weight is 464 g/mol. The first-order valence-corrected chi connectivity index (χ1v) is 11.4. The van der Waals surface area contributed by atoms with E-state index in [9.17, 15) is 9.59 Å². The number of methoxy groups -OCH3 is 1. The third kappa shape index (κ3) is 6.84. The molecule has 3 aromatic rings. The molecule has 34 heavy (non-hydrogen) atoms. The first kappa shape index (κ1) is 23.4. The highest BCUT2D eigenvalue weighted by Gasteiger charge is 2.23. The Morgan fingerprint density at radius 3 is 2.56 bits per heavy atom. The Balaban J connectivity index is 1.39. The highest BCUT2D eigenvalue weighted by Crippen LogP contribution is 2.27. The van der Waals surface area contributed by atoms with Gasteiger partial charge in [-0.1, -0.05) is 35.5 Å². The van der Waals surface area contributed by atoms with Crippen molar-refractivity contribution < 1.29 is 23.6 Å².